The predicted octanol–water partition coefficient (Wildman–Crippen LogP) is 2.93. The third-order valence-electron chi connectivity index (χ3n) is 2.15. The predicted molar refractivity (Wildman–Crippen MR) is 59.2 cm³/mol. The lowest BCUT2D eigenvalue weighted by Crippen LogP contribution is -2.10. The van der Waals surface area contributed by atoms with Crippen molar-refractivity contribution in [3.05, 3.63) is 28.9 Å². The van der Waals surface area contributed by atoms with Crippen LogP contribution in [0.2, 0.25) is 0 Å². The molecule has 1 aromatic carbocycles. The van der Waals surface area contributed by atoms with E-state index in [1.807, 2.05) is 0 Å². The second-order valence-electron chi connectivity index (χ2n) is 3.15. The average molecular weight is 310 g/mol. The molecule has 0 atom stereocenters. The molecule has 86 valence electrons. The molecule has 3 nitrogen and oxygen atoms in total. The molecule has 0 spiro atoms. The van der Waals surface area contributed by atoms with Gasteiger partial charge >= 0.3 is 5.76 Å². The summed E-state index contributed by atoms with van der Waals surface area (Å²) in [6, 6.07) is 4.79. The summed E-state index contributed by atoms with van der Waals surface area (Å²) in [4.78, 5) is 2.27. The minimum atomic E-state index is -4.56. The van der Waals surface area contributed by atoms with Gasteiger partial charge in [-0.3, -0.25) is 0 Å². The molecule has 16 heavy (non-hydrogen) atoms. The third-order valence-corrected chi connectivity index (χ3v) is 4.06. The highest BCUT2D eigenvalue weighted by Gasteiger charge is 2.29. The van der Waals surface area contributed by atoms with Crippen LogP contribution < -0.4 is 0 Å². The van der Waals surface area contributed by atoms with E-state index in [1.54, 1.807) is 12.1 Å². The normalized spacial score (nSPS) is 12.5. The van der Waals surface area contributed by atoms with Gasteiger partial charge in [0.25, 0.3) is 0 Å². The van der Waals surface area contributed by atoms with Gasteiger partial charge in [0.2, 0.25) is 9.84 Å². The number of halogens is 3. The number of H-pyrrole nitrogens is 1. The minimum absolute atomic E-state index is 0.259. The van der Waals surface area contributed by atoms with Crippen LogP contribution >= 0.6 is 15.9 Å². The number of alkyl halides is 2. The monoisotopic (exact) mass is 309 g/mol. The Kier molecular flexibility index (Phi) is 2.75. The van der Waals surface area contributed by atoms with Gasteiger partial charge in [-0.2, -0.15) is 8.78 Å². The van der Waals surface area contributed by atoms with E-state index in [2.05, 4.69) is 20.9 Å². The number of aromatic amines is 1. The van der Waals surface area contributed by atoms with Crippen molar-refractivity contribution in [2.45, 2.75) is 10.7 Å². The first-order chi connectivity index (χ1) is 7.43. The molecular weight excluding hydrogens is 304 g/mol. The zero-order chi connectivity index (χ0) is 11.9. The van der Waals surface area contributed by atoms with Crippen LogP contribution in [0.25, 0.3) is 10.9 Å². The molecule has 2 rings (SSSR count). The van der Waals surface area contributed by atoms with Gasteiger partial charge < -0.3 is 4.98 Å². The Labute approximate surface area is 98.5 Å². The molecular formula is C9H6BrF2NO2S. The first kappa shape index (κ1) is 11.5. The fourth-order valence-electron chi connectivity index (χ4n) is 1.40. The van der Waals surface area contributed by atoms with Crippen molar-refractivity contribution in [3.63, 3.8) is 0 Å². The molecule has 0 aliphatic rings. The third kappa shape index (κ3) is 1.73. The molecule has 0 saturated carbocycles. The van der Waals surface area contributed by atoms with E-state index in [0.29, 0.717) is 9.99 Å². The molecule has 0 radical (unpaired) electrons. The molecule has 1 heterocycles. The van der Waals surface area contributed by atoms with Crippen molar-refractivity contribution in [1.82, 2.24) is 4.98 Å². The van der Waals surface area contributed by atoms with Crippen molar-refractivity contribution < 1.29 is 17.2 Å². The number of hydrogen-bond donors (Lipinski definition) is 1. The maximum Gasteiger partial charge on any atom is 0.341 e. The van der Waals surface area contributed by atoms with Crippen LogP contribution in [-0.2, 0) is 9.84 Å². The lowest BCUT2D eigenvalue weighted by molar-refractivity contribution is 0.235. The summed E-state index contributed by atoms with van der Waals surface area (Å²) in [6.45, 7) is 0. The number of nitrogens with one attached hydrogen (secondary N) is 1. The maximum absolute atomic E-state index is 12.4. The molecule has 1 N–H and O–H groups in total. The molecule has 2 aromatic rings. The van der Waals surface area contributed by atoms with Crippen molar-refractivity contribution >= 4 is 36.7 Å². The van der Waals surface area contributed by atoms with Crippen LogP contribution in [0.4, 0.5) is 8.78 Å². The largest absolute Gasteiger partial charge is 0.360 e. The van der Waals surface area contributed by atoms with Crippen molar-refractivity contribution in [3.8, 4) is 0 Å². The molecule has 0 bridgehead atoms. The molecule has 0 amide bonds. The second kappa shape index (κ2) is 3.81. The number of fused-ring (bicyclic) bond motifs is 1. The standard InChI is InChI=1S/C9H6BrF2NO2S/c10-5-1-2-7-6(3-5)8(4-13-7)16(14,15)9(11)12/h1-4,9,13H. The van der Waals surface area contributed by atoms with Crippen LogP contribution in [0, 0.1) is 0 Å². The van der Waals surface area contributed by atoms with Crippen molar-refractivity contribution in [2.75, 3.05) is 0 Å². The summed E-state index contributed by atoms with van der Waals surface area (Å²) in [6.07, 6.45) is 1.08. The van der Waals surface area contributed by atoms with E-state index in [-0.39, 0.29) is 10.3 Å². The van der Waals surface area contributed by atoms with Gasteiger partial charge in [-0.15, -0.1) is 0 Å². The van der Waals surface area contributed by atoms with Crippen molar-refractivity contribution in [2.24, 2.45) is 0 Å². The van der Waals surface area contributed by atoms with Crippen LogP contribution in [0.1, 0.15) is 0 Å². The number of rotatable bonds is 2. The van der Waals surface area contributed by atoms with E-state index in [9.17, 15) is 17.2 Å². The van der Waals surface area contributed by atoms with Crippen LogP contribution in [0.15, 0.2) is 33.8 Å². The van der Waals surface area contributed by atoms with E-state index in [1.165, 1.54) is 6.07 Å². The molecule has 1 aromatic heterocycles. The van der Waals surface area contributed by atoms with E-state index >= 15 is 0 Å². The summed E-state index contributed by atoms with van der Waals surface area (Å²) in [7, 11) is -4.56. The SMILES string of the molecule is O=S(=O)(c1c[nH]c2ccc(Br)cc12)C(F)F. The first-order valence-corrected chi connectivity index (χ1v) is 6.55. The molecule has 0 fully saturated rings. The van der Waals surface area contributed by atoms with E-state index < -0.39 is 15.6 Å². The lowest BCUT2D eigenvalue weighted by Gasteiger charge is -2.00. The van der Waals surface area contributed by atoms with Gasteiger partial charge in [0.15, 0.2) is 0 Å². The Bertz CT molecular complexity index is 636. The smallest absolute Gasteiger partial charge is 0.341 e. The van der Waals surface area contributed by atoms with Gasteiger partial charge in [-0.25, -0.2) is 8.42 Å². The Balaban J connectivity index is 2.76. The van der Waals surface area contributed by atoms with Gasteiger partial charge in [0.05, 0.1) is 4.90 Å². The van der Waals surface area contributed by atoms with Gasteiger partial charge in [-0.1, -0.05) is 15.9 Å². The number of aromatic nitrogens is 1. The molecule has 0 aliphatic heterocycles. The Hall–Kier alpha value is -0.950. The summed E-state index contributed by atoms with van der Waals surface area (Å²) in [5.74, 6) is -3.41. The molecule has 0 aliphatic carbocycles. The van der Waals surface area contributed by atoms with Crippen LogP contribution in [-0.4, -0.2) is 19.2 Å². The zero-order valence-corrected chi connectivity index (χ0v) is 10.1. The maximum atomic E-state index is 12.4. The lowest BCUT2D eigenvalue weighted by atomic mass is 10.2. The molecule has 0 saturated heterocycles. The summed E-state index contributed by atoms with van der Waals surface area (Å²) in [5, 5.41) is 0.259. The van der Waals surface area contributed by atoms with Gasteiger partial charge in [0, 0.05) is 21.6 Å². The molecule has 7 heteroatoms. The first-order valence-electron chi connectivity index (χ1n) is 4.21. The highest BCUT2D eigenvalue weighted by atomic mass is 79.9. The summed E-state index contributed by atoms with van der Waals surface area (Å²) < 4.78 is 48.1. The quantitative estimate of drug-likeness (QED) is 0.927. The number of benzene rings is 1. The molecule has 0 unspecified atom stereocenters. The van der Waals surface area contributed by atoms with E-state index in [4.69, 9.17) is 0 Å². The fraction of sp³-hybridized carbons (Fsp3) is 0.111. The summed E-state index contributed by atoms with van der Waals surface area (Å²) in [5.41, 5.74) is 0.502. The van der Waals surface area contributed by atoms with Crippen LogP contribution in [0.3, 0.4) is 0 Å². The highest BCUT2D eigenvalue weighted by molar-refractivity contribution is 9.10. The Morgan fingerprint density at radius 1 is 1.31 bits per heavy atom. The van der Waals surface area contributed by atoms with Gasteiger partial charge in [-0.05, 0) is 18.2 Å². The van der Waals surface area contributed by atoms with Gasteiger partial charge in [0.1, 0.15) is 0 Å². The topological polar surface area (TPSA) is 49.9 Å². The number of hydrogen-bond acceptors (Lipinski definition) is 2. The average Bonchev–Trinajstić information content (AvgIpc) is 2.60. The summed E-state index contributed by atoms with van der Waals surface area (Å²) >= 11 is 3.16. The van der Waals surface area contributed by atoms with Crippen molar-refractivity contribution in [1.29, 1.82) is 0 Å². The Morgan fingerprint density at radius 2 is 2.00 bits per heavy atom. The van der Waals surface area contributed by atoms with E-state index in [0.717, 1.165) is 6.20 Å². The number of sulfone groups is 1. The highest BCUT2D eigenvalue weighted by Crippen LogP contribution is 2.28. The second-order valence-corrected chi connectivity index (χ2v) is 5.95. The zero-order valence-electron chi connectivity index (χ0n) is 7.75. The minimum Gasteiger partial charge on any atom is -0.360 e. The van der Waals surface area contributed by atoms with Crippen LogP contribution in [0.5, 0.6) is 0 Å². The fourth-order valence-corrected chi connectivity index (χ4v) is 2.65. The Morgan fingerprint density at radius 3 is 2.62 bits per heavy atom.